The molecule has 0 spiro atoms. The topological polar surface area (TPSA) is 295 Å². The van der Waals surface area contributed by atoms with Gasteiger partial charge in [-0.15, -0.1) is 0 Å². The Bertz CT molecular complexity index is 1220. The van der Waals surface area contributed by atoms with Gasteiger partial charge in [-0.2, -0.15) is 0 Å². The molecule has 16 heteroatoms. The Kier molecular flexibility index (Phi) is 18.3. The number of carbonyl (C=O) groups is 6. The number of guanidine groups is 1. The zero-order chi connectivity index (χ0) is 35.5. The number of carboxylic acids is 2. The Balaban J connectivity index is 3.06. The molecule has 0 saturated carbocycles. The molecule has 3 amide bonds. The van der Waals surface area contributed by atoms with Crippen LogP contribution in [0.2, 0.25) is 0 Å². The number of unbranched alkanes of at least 4 members (excludes halogenated alkanes) is 1. The van der Waals surface area contributed by atoms with Crippen molar-refractivity contribution < 1.29 is 39.0 Å². The molecule has 0 fully saturated rings. The molecular formula is C31H50N8O8. The van der Waals surface area contributed by atoms with Crippen molar-refractivity contribution in [1.82, 2.24) is 16.0 Å². The second kappa shape index (κ2) is 21.3. The molecule has 1 rings (SSSR count). The van der Waals surface area contributed by atoms with Crippen molar-refractivity contribution in [3.05, 3.63) is 35.9 Å². The average molecular weight is 663 g/mol. The lowest BCUT2D eigenvalue weighted by Gasteiger charge is -2.26. The van der Waals surface area contributed by atoms with Gasteiger partial charge in [0.1, 0.15) is 12.1 Å². The van der Waals surface area contributed by atoms with Gasteiger partial charge in [-0.1, -0.05) is 44.2 Å². The highest BCUT2D eigenvalue weighted by atomic mass is 16.4. The van der Waals surface area contributed by atoms with E-state index in [1.165, 1.54) is 0 Å². The number of aliphatic imine (C=N–C) groups is 1. The van der Waals surface area contributed by atoms with E-state index in [4.69, 9.17) is 22.9 Å². The molecule has 1 aromatic carbocycles. The van der Waals surface area contributed by atoms with E-state index in [-0.39, 0.29) is 31.8 Å². The first kappa shape index (κ1) is 40.5. The van der Waals surface area contributed by atoms with Crippen molar-refractivity contribution in [2.75, 3.05) is 13.1 Å². The Labute approximate surface area is 274 Å². The van der Waals surface area contributed by atoms with Crippen LogP contribution in [0.3, 0.4) is 0 Å². The van der Waals surface area contributed by atoms with Crippen molar-refractivity contribution in [2.45, 2.75) is 89.4 Å². The van der Waals surface area contributed by atoms with E-state index >= 15 is 0 Å². The van der Waals surface area contributed by atoms with Gasteiger partial charge >= 0.3 is 11.9 Å². The second-order valence-electron chi connectivity index (χ2n) is 11.7. The largest absolute Gasteiger partial charge is 0.481 e. The third-order valence-electron chi connectivity index (χ3n) is 7.43. The van der Waals surface area contributed by atoms with E-state index in [2.05, 4.69) is 20.9 Å². The van der Waals surface area contributed by atoms with Crippen molar-refractivity contribution in [2.24, 2.45) is 39.8 Å². The molecule has 0 aromatic heterocycles. The Morgan fingerprint density at radius 3 is 1.96 bits per heavy atom. The molecule has 0 aliphatic heterocycles. The number of ketones is 1. The number of carboxylic acid groups (broad SMARTS) is 2. The van der Waals surface area contributed by atoms with Gasteiger partial charge in [-0.3, -0.25) is 29.0 Å². The summed E-state index contributed by atoms with van der Waals surface area (Å²) in [5.74, 6) is -7.08. The molecule has 0 aliphatic rings. The Morgan fingerprint density at radius 2 is 1.40 bits per heavy atom. The summed E-state index contributed by atoms with van der Waals surface area (Å²) in [6.07, 6.45) is 0.487. The minimum absolute atomic E-state index is 0.00949. The number of nitrogens with zero attached hydrogens (tertiary/aromatic N) is 1. The fourth-order valence-electron chi connectivity index (χ4n) is 4.70. The van der Waals surface area contributed by atoms with Gasteiger partial charge < -0.3 is 49.1 Å². The number of rotatable bonds is 23. The number of benzene rings is 1. The highest BCUT2D eigenvalue weighted by Crippen LogP contribution is 2.19. The van der Waals surface area contributed by atoms with Gasteiger partial charge in [0, 0.05) is 25.3 Å². The maximum absolute atomic E-state index is 13.4. The van der Waals surface area contributed by atoms with Crippen LogP contribution in [-0.4, -0.2) is 88.9 Å². The smallest absolute Gasteiger partial charge is 0.326 e. The van der Waals surface area contributed by atoms with E-state index in [0.29, 0.717) is 31.4 Å². The molecule has 0 heterocycles. The number of Topliss-reactive ketones (excluding diaryl/α,β-unsaturated/α-hetero) is 1. The number of hydrogen-bond acceptors (Lipinski definition) is 9. The summed E-state index contributed by atoms with van der Waals surface area (Å²) < 4.78 is 0. The summed E-state index contributed by atoms with van der Waals surface area (Å²) in [6, 6.07) is 3.74. The maximum atomic E-state index is 13.4. The zero-order valence-electron chi connectivity index (χ0n) is 27.0. The Morgan fingerprint density at radius 1 is 0.787 bits per heavy atom. The average Bonchev–Trinajstić information content (AvgIpc) is 3.00. The minimum atomic E-state index is -1.53. The van der Waals surface area contributed by atoms with E-state index in [1.807, 2.05) is 0 Å². The molecule has 0 saturated heterocycles. The highest BCUT2D eigenvalue weighted by molar-refractivity contribution is 5.97. The third-order valence-corrected chi connectivity index (χ3v) is 7.43. The van der Waals surface area contributed by atoms with Gasteiger partial charge in [0.2, 0.25) is 17.7 Å². The van der Waals surface area contributed by atoms with E-state index < -0.39 is 84.3 Å². The van der Waals surface area contributed by atoms with Crippen LogP contribution < -0.4 is 38.9 Å². The van der Waals surface area contributed by atoms with Gasteiger partial charge in [0.05, 0.1) is 18.5 Å². The molecular weight excluding hydrogens is 612 g/mol. The number of aliphatic carboxylic acids is 2. The quantitative estimate of drug-likeness (QED) is 0.0387. The van der Waals surface area contributed by atoms with Gasteiger partial charge in [0.15, 0.2) is 11.7 Å². The lowest BCUT2D eigenvalue weighted by molar-refractivity contribution is -0.144. The minimum Gasteiger partial charge on any atom is -0.481 e. The normalized spacial score (nSPS) is 14.1. The van der Waals surface area contributed by atoms with Crippen LogP contribution in [0.5, 0.6) is 0 Å². The van der Waals surface area contributed by atoms with Crippen LogP contribution in [0.25, 0.3) is 0 Å². The molecule has 0 unspecified atom stereocenters. The van der Waals surface area contributed by atoms with E-state index in [9.17, 15) is 39.0 Å². The number of amides is 3. The molecule has 0 aliphatic carbocycles. The molecule has 5 atom stereocenters. The lowest BCUT2D eigenvalue weighted by Crippen LogP contribution is -2.55. The summed E-state index contributed by atoms with van der Waals surface area (Å²) in [5.41, 5.74) is 22.8. The van der Waals surface area contributed by atoms with Gasteiger partial charge in [0.25, 0.3) is 0 Å². The van der Waals surface area contributed by atoms with Crippen LogP contribution in [0.15, 0.2) is 35.3 Å². The van der Waals surface area contributed by atoms with Crippen LogP contribution in [0.4, 0.5) is 0 Å². The SMILES string of the molecule is CC(C)[C@H](CC(=O)[C@H](CC(=O)O)NC(=O)[C@H](CCCCN)NC(=O)[C@@H](N)CCCN=C(N)N)C(=O)N[C@@H](Cc1ccccc1)C(=O)O. The predicted molar refractivity (Wildman–Crippen MR) is 175 cm³/mol. The standard InChI is InChI=1S/C31H50N8O8/c1-18(2)20(27(43)39-24(30(46)47)15-19-9-4-3-5-10-19)16-25(40)23(17-26(41)42)38-29(45)22(12-6-7-13-32)37-28(44)21(33)11-8-14-36-31(34)35/h3-5,9-10,18,20-24H,6-8,11-17,32-33H2,1-2H3,(H,37,44)(H,38,45)(H,39,43)(H,41,42)(H,46,47)(H4,34,35,36)/t20-,21-,22-,23-,24-/m0/s1. The van der Waals surface area contributed by atoms with Crippen molar-refractivity contribution in [1.29, 1.82) is 0 Å². The summed E-state index contributed by atoms with van der Waals surface area (Å²) >= 11 is 0. The van der Waals surface area contributed by atoms with Crippen molar-refractivity contribution >= 4 is 41.4 Å². The summed E-state index contributed by atoms with van der Waals surface area (Å²) in [4.78, 5) is 80.2. The summed E-state index contributed by atoms with van der Waals surface area (Å²) in [5, 5.41) is 26.7. The van der Waals surface area contributed by atoms with Gasteiger partial charge in [-0.05, 0) is 50.1 Å². The van der Waals surface area contributed by atoms with E-state index in [0.717, 1.165) is 0 Å². The number of hydrogen-bond donors (Lipinski definition) is 9. The maximum Gasteiger partial charge on any atom is 0.326 e. The van der Waals surface area contributed by atoms with Crippen LogP contribution >= 0.6 is 0 Å². The van der Waals surface area contributed by atoms with Crippen molar-refractivity contribution in [3.8, 4) is 0 Å². The highest BCUT2D eigenvalue weighted by Gasteiger charge is 2.34. The van der Waals surface area contributed by atoms with Crippen molar-refractivity contribution in [3.63, 3.8) is 0 Å². The van der Waals surface area contributed by atoms with Crippen LogP contribution in [-0.2, 0) is 35.2 Å². The molecule has 0 radical (unpaired) electrons. The first-order valence-corrected chi connectivity index (χ1v) is 15.6. The third kappa shape index (κ3) is 16.0. The molecule has 13 N–H and O–H groups in total. The Hall–Kier alpha value is -4.57. The molecule has 262 valence electrons. The lowest BCUT2D eigenvalue weighted by atomic mass is 9.87. The number of nitrogens with two attached hydrogens (primary N) is 4. The first-order valence-electron chi connectivity index (χ1n) is 15.6. The first-order chi connectivity index (χ1) is 22.2. The fraction of sp³-hybridized carbons (Fsp3) is 0.581. The summed E-state index contributed by atoms with van der Waals surface area (Å²) in [7, 11) is 0. The second-order valence-corrected chi connectivity index (χ2v) is 11.7. The van der Waals surface area contributed by atoms with E-state index in [1.54, 1.807) is 44.2 Å². The molecule has 47 heavy (non-hydrogen) atoms. The molecule has 16 nitrogen and oxygen atoms in total. The predicted octanol–water partition coefficient (Wildman–Crippen LogP) is -1.02. The van der Waals surface area contributed by atoms with Gasteiger partial charge in [-0.25, -0.2) is 4.79 Å². The molecule has 0 bridgehead atoms. The fourth-order valence-corrected chi connectivity index (χ4v) is 4.70. The zero-order valence-corrected chi connectivity index (χ0v) is 27.0. The summed E-state index contributed by atoms with van der Waals surface area (Å²) in [6.45, 7) is 3.92. The molecule has 1 aromatic rings. The van der Waals surface area contributed by atoms with Crippen LogP contribution in [0, 0.1) is 11.8 Å². The number of carbonyl (C=O) groups excluding carboxylic acids is 4. The number of nitrogens with one attached hydrogen (secondary N) is 3. The monoisotopic (exact) mass is 662 g/mol. The van der Waals surface area contributed by atoms with Crippen LogP contribution in [0.1, 0.15) is 64.4 Å².